The maximum Gasteiger partial charge on any atom is 0.178 e. The highest BCUT2D eigenvalue weighted by atomic mass is 32.2. The summed E-state index contributed by atoms with van der Waals surface area (Å²) in [6.07, 6.45) is 2.84. The average Bonchev–Trinajstić information content (AvgIpc) is 3.10. The lowest BCUT2D eigenvalue weighted by Crippen LogP contribution is -2.11. The van der Waals surface area contributed by atoms with E-state index in [9.17, 15) is 13.7 Å². The molecule has 30 heavy (non-hydrogen) atoms. The second-order valence-electron chi connectivity index (χ2n) is 7.18. The lowest BCUT2D eigenvalue weighted by Gasteiger charge is -2.11. The minimum Gasteiger partial charge on any atom is -0.398 e. The molecular weight excluding hydrogens is 396 g/mol. The summed E-state index contributed by atoms with van der Waals surface area (Å²) in [5.74, 6) is 0.0293. The summed E-state index contributed by atoms with van der Waals surface area (Å²) in [6, 6.07) is 18.1. The molecule has 0 radical (unpaired) electrons. The molecule has 0 bridgehead atoms. The van der Waals surface area contributed by atoms with Crippen molar-refractivity contribution >= 4 is 15.5 Å². The van der Waals surface area contributed by atoms with Crippen LogP contribution < -0.4 is 5.73 Å². The van der Waals surface area contributed by atoms with Crippen molar-refractivity contribution in [3.63, 3.8) is 0 Å². The van der Waals surface area contributed by atoms with Gasteiger partial charge in [-0.15, -0.1) is 0 Å². The summed E-state index contributed by atoms with van der Waals surface area (Å²) >= 11 is 0. The maximum absolute atomic E-state index is 12.7. The van der Waals surface area contributed by atoms with Crippen molar-refractivity contribution in [2.45, 2.75) is 44.0 Å². The molecule has 0 unspecified atom stereocenters. The molecule has 0 aliphatic heterocycles. The van der Waals surface area contributed by atoms with Crippen LogP contribution in [0.2, 0.25) is 0 Å². The number of nitrogen functional groups attached to an aromatic ring is 1. The van der Waals surface area contributed by atoms with Gasteiger partial charge in [0.05, 0.1) is 10.6 Å². The summed E-state index contributed by atoms with van der Waals surface area (Å²) in [6.45, 7) is 2.77. The molecule has 1 heterocycles. The highest BCUT2D eigenvalue weighted by molar-refractivity contribution is 7.91. The molecule has 2 N–H and O–H groups in total. The minimum atomic E-state index is -3.36. The van der Waals surface area contributed by atoms with Crippen molar-refractivity contribution < 1.29 is 8.42 Å². The van der Waals surface area contributed by atoms with E-state index in [2.05, 4.69) is 18.1 Å². The normalized spacial score (nSPS) is 11.3. The summed E-state index contributed by atoms with van der Waals surface area (Å²) in [7, 11) is -3.36. The zero-order valence-corrected chi connectivity index (χ0v) is 17.9. The lowest BCUT2D eigenvalue weighted by atomic mass is 9.99. The first-order valence-electron chi connectivity index (χ1n) is 10.1. The third-order valence-corrected chi connectivity index (χ3v) is 6.86. The van der Waals surface area contributed by atoms with Gasteiger partial charge in [-0.05, 0) is 37.5 Å². The number of nitrogens with zero attached hydrogens (tertiary/aromatic N) is 3. The minimum absolute atomic E-state index is 0.0293. The maximum atomic E-state index is 12.7. The molecule has 3 aromatic rings. The van der Waals surface area contributed by atoms with E-state index in [4.69, 9.17) is 5.73 Å². The topological polar surface area (TPSA) is 102 Å². The Morgan fingerprint density at radius 1 is 1.07 bits per heavy atom. The third-order valence-electron chi connectivity index (χ3n) is 5.05. The summed E-state index contributed by atoms with van der Waals surface area (Å²) in [5, 5.41) is 14.2. The number of aromatic nitrogens is 2. The number of aryl methyl sites for hydroxylation is 1. The quantitative estimate of drug-likeness (QED) is 0.520. The fourth-order valence-electron chi connectivity index (χ4n) is 3.50. The van der Waals surface area contributed by atoms with Crippen LogP contribution >= 0.6 is 0 Å². The molecule has 0 spiro atoms. The van der Waals surface area contributed by atoms with Crippen LogP contribution in [0.5, 0.6) is 0 Å². The van der Waals surface area contributed by atoms with Crippen LogP contribution in [-0.4, -0.2) is 24.0 Å². The van der Waals surface area contributed by atoms with Crippen molar-refractivity contribution in [1.82, 2.24) is 9.78 Å². The second-order valence-corrected chi connectivity index (χ2v) is 9.29. The van der Waals surface area contributed by atoms with Crippen molar-refractivity contribution in [3.05, 3.63) is 66.0 Å². The van der Waals surface area contributed by atoms with E-state index in [1.54, 1.807) is 36.4 Å². The smallest absolute Gasteiger partial charge is 0.178 e. The van der Waals surface area contributed by atoms with Crippen LogP contribution in [0.15, 0.2) is 59.5 Å². The van der Waals surface area contributed by atoms with Crippen LogP contribution in [0.1, 0.15) is 37.6 Å². The SMILES string of the molecule is CCCCn1nc(C#N)c(-c2ccccc2N)c1CCCS(=O)(=O)c1ccccc1. The van der Waals surface area contributed by atoms with Crippen LogP contribution in [0.25, 0.3) is 11.1 Å². The van der Waals surface area contributed by atoms with E-state index >= 15 is 0 Å². The van der Waals surface area contributed by atoms with E-state index in [-0.39, 0.29) is 5.75 Å². The number of para-hydroxylation sites is 1. The molecule has 156 valence electrons. The van der Waals surface area contributed by atoms with Crippen LogP contribution in [0, 0.1) is 11.3 Å². The molecule has 0 atom stereocenters. The standard InChI is InChI=1S/C23H26N4O2S/c1-2-3-15-27-22(14-9-16-30(28,29)18-10-5-4-6-11-18)23(21(17-24)26-27)19-12-7-8-13-20(19)25/h4-8,10-13H,2-3,9,14-16,25H2,1H3. The Morgan fingerprint density at radius 3 is 2.43 bits per heavy atom. The number of hydrogen-bond donors (Lipinski definition) is 1. The summed E-state index contributed by atoms with van der Waals surface area (Å²) < 4.78 is 27.2. The zero-order chi connectivity index (χ0) is 21.6. The lowest BCUT2D eigenvalue weighted by molar-refractivity contribution is 0.544. The summed E-state index contributed by atoms with van der Waals surface area (Å²) in [4.78, 5) is 0.328. The van der Waals surface area contributed by atoms with Crippen molar-refractivity contribution in [2.24, 2.45) is 0 Å². The predicted molar refractivity (Wildman–Crippen MR) is 119 cm³/mol. The Labute approximate surface area is 177 Å². The van der Waals surface area contributed by atoms with Gasteiger partial charge in [-0.3, -0.25) is 4.68 Å². The van der Waals surface area contributed by atoms with E-state index < -0.39 is 9.84 Å². The van der Waals surface area contributed by atoms with Gasteiger partial charge in [-0.25, -0.2) is 8.42 Å². The largest absolute Gasteiger partial charge is 0.398 e. The van der Waals surface area contributed by atoms with Gasteiger partial charge >= 0.3 is 0 Å². The molecule has 3 rings (SSSR count). The van der Waals surface area contributed by atoms with Gasteiger partial charge < -0.3 is 5.73 Å². The number of nitriles is 1. The number of unbranched alkanes of at least 4 members (excludes halogenated alkanes) is 1. The van der Waals surface area contributed by atoms with Crippen LogP contribution in [0.3, 0.4) is 0 Å². The third kappa shape index (κ3) is 4.71. The highest BCUT2D eigenvalue weighted by Crippen LogP contribution is 2.33. The fourth-order valence-corrected chi connectivity index (χ4v) is 4.84. The van der Waals surface area contributed by atoms with Crippen LogP contribution in [0.4, 0.5) is 5.69 Å². The first kappa shape index (κ1) is 21.6. The van der Waals surface area contributed by atoms with Gasteiger partial charge in [0.15, 0.2) is 15.5 Å². The molecule has 6 nitrogen and oxygen atoms in total. The van der Waals surface area contributed by atoms with Crippen LogP contribution in [-0.2, 0) is 22.8 Å². The monoisotopic (exact) mass is 422 g/mol. The molecule has 2 aromatic carbocycles. The van der Waals surface area contributed by atoms with Gasteiger partial charge in [-0.1, -0.05) is 49.7 Å². The van der Waals surface area contributed by atoms with Gasteiger partial charge in [0, 0.05) is 29.1 Å². The first-order valence-corrected chi connectivity index (χ1v) is 11.8. The Kier molecular flexibility index (Phi) is 6.91. The number of sulfone groups is 1. The Morgan fingerprint density at radius 2 is 1.77 bits per heavy atom. The molecular formula is C23H26N4O2S. The predicted octanol–water partition coefficient (Wildman–Crippen LogP) is 4.21. The Bertz CT molecular complexity index is 1150. The number of hydrogen-bond acceptors (Lipinski definition) is 5. The van der Waals surface area contributed by atoms with Gasteiger partial charge in [0.2, 0.25) is 0 Å². The molecule has 0 aliphatic rings. The highest BCUT2D eigenvalue weighted by Gasteiger charge is 2.22. The number of nitrogens with two attached hydrogens (primary N) is 1. The van der Waals surface area contributed by atoms with E-state index in [0.29, 0.717) is 41.2 Å². The van der Waals surface area contributed by atoms with Crippen molar-refractivity contribution in [3.8, 4) is 17.2 Å². The molecule has 7 heteroatoms. The first-order chi connectivity index (χ1) is 14.5. The van der Waals surface area contributed by atoms with Crippen molar-refractivity contribution in [2.75, 3.05) is 11.5 Å². The molecule has 0 fully saturated rings. The van der Waals surface area contributed by atoms with E-state index in [1.807, 2.05) is 22.9 Å². The summed E-state index contributed by atoms with van der Waals surface area (Å²) in [5.41, 5.74) is 9.42. The second kappa shape index (κ2) is 9.59. The molecule has 0 saturated carbocycles. The Balaban J connectivity index is 1.93. The zero-order valence-electron chi connectivity index (χ0n) is 17.1. The number of rotatable bonds is 9. The van der Waals surface area contributed by atoms with E-state index in [1.165, 1.54) is 0 Å². The molecule has 0 amide bonds. The van der Waals surface area contributed by atoms with E-state index in [0.717, 1.165) is 24.1 Å². The molecule has 0 saturated heterocycles. The number of anilines is 1. The Hall–Kier alpha value is -3.11. The van der Waals surface area contributed by atoms with Gasteiger partial charge in [-0.2, -0.15) is 10.4 Å². The van der Waals surface area contributed by atoms with Gasteiger partial charge in [0.25, 0.3) is 0 Å². The van der Waals surface area contributed by atoms with Gasteiger partial charge in [0.1, 0.15) is 6.07 Å². The average molecular weight is 423 g/mol. The van der Waals surface area contributed by atoms with Crippen molar-refractivity contribution in [1.29, 1.82) is 5.26 Å². The fraction of sp³-hybridized carbons (Fsp3) is 0.304. The molecule has 0 aliphatic carbocycles. The molecule has 1 aromatic heterocycles. The number of benzene rings is 2.